The quantitative estimate of drug-likeness (QED) is 0.505. The molecule has 1 aromatic rings. The SMILES string of the molecule is C[C@@H](OC(=O)c1cc(Cl)ccc1[N+](=O)[O-])C(=O)NC1CCCC1. The van der Waals surface area contributed by atoms with Gasteiger partial charge in [-0.1, -0.05) is 24.4 Å². The van der Waals surface area contributed by atoms with Gasteiger partial charge < -0.3 is 10.1 Å². The molecule has 2 rings (SSSR count). The van der Waals surface area contributed by atoms with Crippen molar-refractivity contribution >= 4 is 29.2 Å². The van der Waals surface area contributed by atoms with Gasteiger partial charge in [0.05, 0.1) is 4.92 Å². The Morgan fingerprint density at radius 3 is 2.65 bits per heavy atom. The van der Waals surface area contributed by atoms with E-state index in [1.807, 2.05) is 0 Å². The van der Waals surface area contributed by atoms with Gasteiger partial charge in [-0.2, -0.15) is 0 Å². The molecule has 0 heterocycles. The molecule has 1 aliphatic carbocycles. The van der Waals surface area contributed by atoms with E-state index in [0.29, 0.717) is 0 Å². The molecule has 0 bridgehead atoms. The summed E-state index contributed by atoms with van der Waals surface area (Å²) >= 11 is 5.77. The second-order valence-electron chi connectivity index (χ2n) is 5.46. The number of nitro benzene ring substituents is 1. The van der Waals surface area contributed by atoms with Crippen molar-refractivity contribution in [3.63, 3.8) is 0 Å². The number of nitro groups is 1. The number of carbonyl (C=O) groups is 2. The third-order valence-electron chi connectivity index (χ3n) is 3.73. The highest BCUT2D eigenvalue weighted by Crippen LogP contribution is 2.24. The molecule has 1 saturated carbocycles. The van der Waals surface area contributed by atoms with E-state index in [-0.39, 0.29) is 16.6 Å². The first-order valence-corrected chi connectivity index (χ1v) is 7.71. The molecule has 8 heteroatoms. The maximum absolute atomic E-state index is 12.1. The molecule has 0 spiro atoms. The van der Waals surface area contributed by atoms with Crippen LogP contribution in [0.25, 0.3) is 0 Å². The number of carbonyl (C=O) groups excluding carboxylic acids is 2. The molecule has 1 atom stereocenters. The highest BCUT2D eigenvalue weighted by molar-refractivity contribution is 6.31. The van der Waals surface area contributed by atoms with Gasteiger partial charge in [-0.3, -0.25) is 14.9 Å². The van der Waals surface area contributed by atoms with Crippen molar-refractivity contribution in [1.29, 1.82) is 0 Å². The minimum absolute atomic E-state index is 0.101. The molecule has 1 fully saturated rings. The van der Waals surface area contributed by atoms with Crippen LogP contribution in [0.15, 0.2) is 18.2 Å². The molecule has 23 heavy (non-hydrogen) atoms. The van der Waals surface area contributed by atoms with E-state index < -0.39 is 28.6 Å². The summed E-state index contributed by atoms with van der Waals surface area (Å²) in [6, 6.07) is 3.70. The normalized spacial score (nSPS) is 15.9. The fourth-order valence-corrected chi connectivity index (χ4v) is 2.67. The monoisotopic (exact) mass is 340 g/mol. The van der Waals surface area contributed by atoms with Crippen molar-refractivity contribution < 1.29 is 19.2 Å². The Morgan fingerprint density at radius 2 is 2.04 bits per heavy atom. The molecule has 1 aromatic carbocycles. The first-order chi connectivity index (χ1) is 10.9. The third-order valence-corrected chi connectivity index (χ3v) is 3.96. The number of hydrogen-bond donors (Lipinski definition) is 1. The number of amides is 1. The number of nitrogens with one attached hydrogen (secondary N) is 1. The number of halogens is 1. The topological polar surface area (TPSA) is 98.5 Å². The maximum atomic E-state index is 12.1. The first-order valence-electron chi connectivity index (χ1n) is 7.34. The molecule has 124 valence electrons. The first kappa shape index (κ1) is 17.2. The summed E-state index contributed by atoms with van der Waals surface area (Å²) in [5, 5.41) is 13.9. The Bertz CT molecular complexity index is 628. The predicted molar refractivity (Wildman–Crippen MR) is 83.4 cm³/mol. The molecular weight excluding hydrogens is 324 g/mol. The Balaban J connectivity index is 2.04. The van der Waals surface area contributed by atoms with Gasteiger partial charge in [0.15, 0.2) is 6.10 Å². The second-order valence-corrected chi connectivity index (χ2v) is 5.89. The molecule has 1 amide bonds. The lowest BCUT2D eigenvalue weighted by atomic mass is 10.2. The molecule has 0 radical (unpaired) electrons. The highest BCUT2D eigenvalue weighted by atomic mass is 35.5. The highest BCUT2D eigenvalue weighted by Gasteiger charge is 2.27. The zero-order valence-electron chi connectivity index (χ0n) is 12.6. The number of rotatable bonds is 5. The van der Waals surface area contributed by atoms with Gasteiger partial charge in [0, 0.05) is 17.1 Å². The Hall–Kier alpha value is -2.15. The van der Waals surface area contributed by atoms with E-state index in [0.717, 1.165) is 37.8 Å². The smallest absolute Gasteiger partial charge is 0.345 e. The van der Waals surface area contributed by atoms with E-state index in [4.69, 9.17) is 16.3 Å². The maximum Gasteiger partial charge on any atom is 0.345 e. The molecule has 0 aliphatic heterocycles. The molecule has 0 saturated heterocycles. The van der Waals surface area contributed by atoms with E-state index in [2.05, 4.69) is 5.32 Å². The summed E-state index contributed by atoms with van der Waals surface area (Å²) in [7, 11) is 0. The number of esters is 1. The summed E-state index contributed by atoms with van der Waals surface area (Å²) in [6.45, 7) is 1.43. The van der Waals surface area contributed by atoms with Gasteiger partial charge >= 0.3 is 5.97 Å². The number of ether oxygens (including phenoxy) is 1. The van der Waals surface area contributed by atoms with Crippen molar-refractivity contribution in [2.75, 3.05) is 0 Å². The van der Waals surface area contributed by atoms with Crippen molar-refractivity contribution in [3.05, 3.63) is 38.9 Å². The van der Waals surface area contributed by atoms with Gasteiger partial charge in [0.1, 0.15) is 5.56 Å². The van der Waals surface area contributed by atoms with E-state index >= 15 is 0 Å². The largest absolute Gasteiger partial charge is 0.449 e. The molecule has 0 unspecified atom stereocenters. The van der Waals surface area contributed by atoms with Crippen molar-refractivity contribution in [3.8, 4) is 0 Å². The van der Waals surface area contributed by atoms with Crippen molar-refractivity contribution in [1.82, 2.24) is 5.32 Å². The van der Waals surface area contributed by atoms with Crippen molar-refractivity contribution in [2.24, 2.45) is 0 Å². The van der Waals surface area contributed by atoms with Gasteiger partial charge in [0.25, 0.3) is 11.6 Å². The fraction of sp³-hybridized carbons (Fsp3) is 0.467. The lowest BCUT2D eigenvalue weighted by Crippen LogP contribution is -2.40. The molecular formula is C15H17ClN2O5. The fourth-order valence-electron chi connectivity index (χ4n) is 2.50. The number of nitrogens with zero attached hydrogens (tertiary/aromatic N) is 1. The molecule has 1 aliphatic rings. The Labute approximate surface area is 138 Å². The summed E-state index contributed by atoms with van der Waals surface area (Å²) < 4.78 is 5.04. The van der Waals surface area contributed by atoms with Crippen LogP contribution >= 0.6 is 11.6 Å². The van der Waals surface area contributed by atoms with Crippen LogP contribution in [0.1, 0.15) is 43.0 Å². The number of benzene rings is 1. The lowest BCUT2D eigenvalue weighted by molar-refractivity contribution is -0.385. The number of hydrogen-bond acceptors (Lipinski definition) is 5. The average Bonchev–Trinajstić information content (AvgIpc) is 2.99. The minimum Gasteiger partial charge on any atom is -0.449 e. The van der Waals surface area contributed by atoms with E-state index in [1.54, 1.807) is 0 Å². The Morgan fingerprint density at radius 1 is 1.39 bits per heavy atom. The Kier molecular flexibility index (Phi) is 5.54. The van der Waals surface area contributed by atoms with Crippen LogP contribution in [-0.2, 0) is 9.53 Å². The van der Waals surface area contributed by atoms with Crippen molar-refractivity contribution in [2.45, 2.75) is 44.8 Å². The zero-order valence-corrected chi connectivity index (χ0v) is 13.3. The summed E-state index contributed by atoms with van der Waals surface area (Å²) in [6.07, 6.45) is 2.90. The van der Waals surface area contributed by atoms with E-state index in [1.165, 1.54) is 13.0 Å². The summed E-state index contributed by atoms with van der Waals surface area (Å²) in [5.74, 6) is -1.36. The minimum atomic E-state index is -1.04. The van der Waals surface area contributed by atoms with Crippen LogP contribution in [0.4, 0.5) is 5.69 Å². The predicted octanol–water partition coefficient (Wildman–Crippen LogP) is 2.85. The van der Waals surface area contributed by atoms with Crippen LogP contribution < -0.4 is 5.32 Å². The van der Waals surface area contributed by atoms with Gasteiger partial charge in [-0.05, 0) is 31.9 Å². The van der Waals surface area contributed by atoms with Crippen LogP contribution in [0, 0.1) is 10.1 Å². The van der Waals surface area contributed by atoms with Gasteiger partial charge in [0.2, 0.25) is 0 Å². The van der Waals surface area contributed by atoms with Crippen LogP contribution in [0.5, 0.6) is 0 Å². The zero-order chi connectivity index (χ0) is 17.0. The van der Waals surface area contributed by atoms with Gasteiger partial charge in [-0.25, -0.2) is 4.79 Å². The average molecular weight is 341 g/mol. The van der Waals surface area contributed by atoms with Crippen LogP contribution in [-0.4, -0.2) is 28.9 Å². The van der Waals surface area contributed by atoms with Crippen LogP contribution in [0.3, 0.4) is 0 Å². The summed E-state index contributed by atoms with van der Waals surface area (Å²) in [4.78, 5) is 34.4. The van der Waals surface area contributed by atoms with Crippen LogP contribution in [0.2, 0.25) is 5.02 Å². The standard InChI is InChI=1S/C15H17ClN2O5/c1-9(14(19)17-11-4-2-3-5-11)23-15(20)12-8-10(16)6-7-13(12)18(21)22/h6-9,11H,2-5H2,1H3,(H,17,19)/t9-/m1/s1. The molecule has 7 nitrogen and oxygen atoms in total. The lowest BCUT2D eigenvalue weighted by Gasteiger charge is -2.17. The second kappa shape index (κ2) is 7.41. The molecule has 0 aromatic heterocycles. The summed E-state index contributed by atoms with van der Waals surface area (Å²) in [5.41, 5.74) is -0.689. The third kappa shape index (κ3) is 4.41. The van der Waals surface area contributed by atoms with Gasteiger partial charge in [-0.15, -0.1) is 0 Å². The molecule has 1 N–H and O–H groups in total. The van der Waals surface area contributed by atoms with E-state index in [9.17, 15) is 19.7 Å².